The third-order valence-corrected chi connectivity index (χ3v) is 7.65. The topological polar surface area (TPSA) is 92.8 Å². The van der Waals surface area contributed by atoms with Gasteiger partial charge in [-0.2, -0.15) is 9.97 Å². The molecule has 1 saturated carbocycles. The minimum Gasteiger partial charge on any atom is -0.404 e. The summed E-state index contributed by atoms with van der Waals surface area (Å²) in [5, 5.41) is 0.867. The third-order valence-electron chi connectivity index (χ3n) is 6.25. The summed E-state index contributed by atoms with van der Waals surface area (Å²) in [7, 11) is 1.76. The standard InChI is InChI=1S/C25H28ClF2N7OS/c1-14-12-35(13-20(36-14)15(10-29)11-30-17-4-5-17)24-31-21(18-6-3-16(26)9-19(18)28)22-23(32-24)33-25(37-22)34(2)8-7-27/h3,6,9-11,14,17,20H,4-5,7-8,12-13,29H2,1-2H3/b15-10+,30-11?/t14-,20+/m0/s1. The highest BCUT2D eigenvalue weighted by molar-refractivity contribution is 7.22. The number of fused-ring (bicyclic) bond motifs is 1. The van der Waals surface area contributed by atoms with Gasteiger partial charge >= 0.3 is 0 Å². The summed E-state index contributed by atoms with van der Waals surface area (Å²) < 4.78 is 34.9. The van der Waals surface area contributed by atoms with Crippen molar-refractivity contribution in [3.05, 3.63) is 40.8 Å². The van der Waals surface area contributed by atoms with Gasteiger partial charge in [0.05, 0.1) is 24.4 Å². The van der Waals surface area contributed by atoms with Crippen LogP contribution >= 0.6 is 22.9 Å². The number of thiazole rings is 1. The Morgan fingerprint density at radius 1 is 1.32 bits per heavy atom. The lowest BCUT2D eigenvalue weighted by Crippen LogP contribution is -2.48. The molecule has 0 unspecified atom stereocenters. The number of nitrogens with two attached hydrogens (primary N) is 1. The van der Waals surface area contributed by atoms with E-state index in [1.807, 2.05) is 11.8 Å². The molecule has 0 spiro atoms. The van der Waals surface area contributed by atoms with Gasteiger partial charge in [0.2, 0.25) is 5.95 Å². The number of aromatic nitrogens is 3. The number of halogens is 3. The van der Waals surface area contributed by atoms with Crippen LogP contribution in [0.5, 0.6) is 0 Å². The minimum atomic E-state index is -0.518. The van der Waals surface area contributed by atoms with E-state index < -0.39 is 12.5 Å². The number of hydrogen-bond acceptors (Lipinski definition) is 9. The van der Waals surface area contributed by atoms with Crippen molar-refractivity contribution in [3.8, 4) is 11.3 Å². The van der Waals surface area contributed by atoms with E-state index >= 15 is 4.39 Å². The molecule has 2 aromatic heterocycles. The Labute approximate surface area is 222 Å². The van der Waals surface area contributed by atoms with E-state index in [1.54, 1.807) is 30.3 Å². The molecule has 0 bridgehead atoms. The van der Waals surface area contributed by atoms with E-state index in [4.69, 9.17) is 32.0 Å². The van der Waals surface area contributed by atoms with Crippen LogP contribution in [0.3, 0.4) is 0 Å². The third kappa shape index (κ3) is 5.68. The zero-order chi connectivity index (χ0) is 26.1. The molecular formula is C25H28ClF2N7OS. The van der Waals surface area contributed by atoms with E-state index in [-0.39, 0.29) is 18.8 Å². The van der Waals surface area contributed by atoms with Crippen molar-refractivity contribution in [2.24, 2.45) is 10.7 Å². The van der Waals surface area contributed by atoms with Crippen LogP contribution in [0.2, 0.25) is 5.02 Å². The fourth-order valence-corrected chi connectivity index (χ4v) is 5.30. The van der Waals surface area contributed by atoms with Gasteiger partial charge in [-0.3, -0.25) is 4.99 Å². The van der Waals surface area contributed by atoms with Gasteiger partial charge in [0.15, 0.2) is 10.8 Å². The number of alkyl halides is 1. The summed E-state index contributed by atoms with van der Waals surface area (Å²) in [6.07, 6.45) is 5.04. The maximum Gasteiger partial charge on any atom is 0.228 e. The normalized spacial score (nSPS) is 20.8. The highest BCUT2D eigenvalue weighted by Crippen LogP contribution is 2.37. The van der Waals surface area contributed by atoms with Crippen LogP contribution in [0.4, 0.5) is 19.9 Å². The lowest BCUT2D eigenvalue weighted by Gasteiger charge is -2.37. The molecule has 3 aromatic rings. The molecular weight excluding hydrogens is 520 g/mol. The molecule has 0 amide bonds. The summed E-state index contributed by atoms with van der Waals surface area (Å²) in [6.45, 7) is 2.61. The molecule has 1 aromatic carbocycles. The first-order valence-electron chi connectivity index (χ1n) is 12.1. The van der Waals surface area contributed by atoms with Crippen LogP contribution in [-0.4, -0.2) is 72.8 Å². The second-order valence-electron chi connectivity index (χ2n) is 9.27. The summed E-state index contributed by atoms with van der Waals surface area (Å²) in [6, 6.07) is 4.84. The highest BCUT2D eigenvalue weighted by atomic mass is 35.5. The van der Waals surface area contributed by atoms with E-state index in [2.05, 4.69) is 9.98 Å². The van der Waals surface area contributed by atoms with Crippen molar-refractivity contribution in [1.29, 1.82) is 0 Å². The van der Waals surface area contributed by atoms with Crippen molar-refractivity contribution in [2.75, 3.05) is 43.2 Å². The van der Waals surface area contributed by atoms with Crippen molar-refractivity contribution in [1.82, 2.24) is 15.0 Å². The Balaban J connectivity index is 1.56. The first-order chi connectivity index (χ1) is 17.9. The lowest BCUT2D eigenvalue weighted by molar-refractivity contribution is 0.00666. The maximum absolute atomic E-state index is 15.1. The van der Waals surface area contributed by atoms with Crippen molar-refractivity contribution in [2.45, 2.75) is 38.0 Å². The van der Waals surface area contributed by atoms with Gasteiger partial charge in [0, 0.05) is 48.7 Å². The molecule has 8 nitrogen and oxygen atoms in total. The monoisotopic (exact) mass is 547 g/mol. The highest BCUT2D eigenvalue weighted by Gasteiger charge is 2.31. The number of anilines is 2. The van der Waals surface area contributed by atoms with E-state index in [9.17, 15) is 4.39 Å². The van der Waals surface area contributed by atoms with Gasteiger partial charge in [-0.1, -0.05) is 22.9 Å². The fraction of sp³-hybridized carbons (Fsp3) is 0.440. The number of benzene rings is 1. The van der Waals surface area contributed by atoms with Crippen LogP contribution < -0.4 is 15.5 Å². The molecule has 5 rings (SSSR count). The number of morpholine rings is 1. The maximum atomic E-state index is 15.1. The first kappa shape index (κ1) is 25.7. The van der Waals surface area contributed by atoms with Crippen LogP contribution in [0.15, 0.2) is 35.0 Å². The number of rotatable bonds is 8. The zero-order valence-corrected chi connectivity index (χ0v) is 22.1. The van der Waals surface area contributed by atoms with Gasteiger partial charge in [0.25, 0.3) is 0 Å². The van der Waals surface area contributed by atoms with Gasteiger partial charge in [-0.15, -0.1) is 0 Å². The van der Waals surface area contributed by atoms with Gasteiger partial charge < -0.3 is 20.3 Å². The first-order valence-corrected chi connectivity index (χ1v) is 13.3. The summed E-state index contributed by atoms with van der Waals surface area (Å²) >= 11 is 7.30. The second-order valence-corrected chi connectivity index (χ2v) is 10.7. The predicted octanol–water partition coefficient (Wildman–Crippen LogP) is 4.62. The Morgan fingerprint density at radius 3 is 2.84 bits per heavy atom. The number of nitrogens with zero attached hydrogens (tertiary/aromatic N) is 6. The van der Waals surface area contributed by atoms with Crippen LogP contribution in [0.25, 0.3) is 21.6 Å². The molecule has 2 N–H and O–H groups in total. The number of aliphatic imine (C=N–C) groups is 1. The minimum absolute atomic E-state index is 0.139. The summed E-state index contributed by atoms with van der Waals surface area (Å²) in [5.41, 5.74) is 7.83. The summed E-state index contributed by atoms with van der Waals surface area (Å²) in [5.74, 6) is -0.0964. The molecule has 196 valence electrons. The molecule has 3 heterocycles. The van der Waals surface area contributed by atoms with Gasteiger partial charge in [-0.05, 0) is 38.0 Å². The average molecular weight is 548 g/mol. The SMILES string of the molecule is C[C@H]1CN(c2nc(-c3ccc(Cl)cc3F)c3sc(N(C)CCF)nc3n2)C[C@H](/C(C=NC2CC2)=C/N)O1. The fourth-order valence-electron chi connectivity index (χ4n) is 4.14. The Kier molecular flexibility index (Phi) is 7.55. The Bertz CT molecular complexity index is 1350. The molecule has 37 heavy (non-hydrogen) atoms. The molecule has 12 heteroatoms. The summed E-state index contributed by atoms with van der Waals surface area (Å²) in [4.78, 5) is 22.4. The average Bonchev–Trinajstić information content (AvgIpc) is 3.59. The second kappa shape index (κ2) is 10.8. The van der Waals surface area contributed by atoms with E-state index in [0.717, 1.165) is 18.4 Å². The molecule has 2 aliphatic rings. The number of hydrogen-bond donors (Lipinski definition) is 1. The van der Waals surface area contributed by atoms with E-state index in [1.165, 1.54) is 23.6 Å². The van der Waals surface area contributed by atoms with E-state index in [0.29, 0.717) is 56.8 Å². The Hall–Kier alpha value is -2.89. The predicted molar refractivity (Wildman–Crippen MR) is 145 cm³/mol. The zero-order valence-electron chi connectivity index (χ0n) is 20.6. The largest absolute Gasteiger partial charge is 0.404 e. The van der Waals surface area contributed by atoms with Crippen molar-refractivity contribution in [3.63, 3.8) is 0 Å². The van der Waals surface area contributed by atoms with Gasteiger partial charge in [-0.25, -0.2) is 13.8 Å². The van der Waals surface area contributed by atoms with Crippen LogP contribution in [-0.2, 0) is 4.74 Å². The molecule has 1 aliphatic carbocycles. The van der Waals surface area contributed by atoms with Gasteiger partial charge in [0.1, 0.15) is 23.3 Å². The van der Waals surface area contributed by atoms with Crippen molar-refractivity contribution < 1.29 is 13.5 Å². The molecule has 2 fully saturated rings. The molecule has 0 radical (unpaired) electrons. The quantitative estimate of drug-likeness (QED) is 0.411. The molecule has 2 atom stereocenters. The number of ether oxygens (including phenoxy) is 1. The lowest BCUT2D eigenvalue weighted by atomic mass is 10.1. The van der Waals surface area contributed by atoms with Crippen LogP contribution in [0, 0.1) is 5.82 Å². The smallest absolute Gasteiger partial charge is 0.228 e. The van der Waals surface area contributed by atoms with Crippen molar-refractivity contribution >= 4 is 50.6 Å². The Morgan fingerprint density at radius 2 is 2.14 bits per heavy atom. The molecule has 1 saturated heterocycles. The van der Waals surface area contributed by atoms with Crippen LogP contribution in [0.1, 0.15) is 19.8 Å². The molecule has 1 aliphatic heterocycles.